The summed E-state index contributed by atoms with van der Waals surface area (Å²) in [5, 5.41) is 13.5. The first-order chi connectivity index (χ1) is 11.8. The molecule has 0 atom stereocenters. The van der Waals surface area contributed by atoms with Crippen LogP contribution in [0.3, 0.4) is 0 Å². The van der Waals surface area contributed by atoms with E-state index in [-0.39, 0.29) is 0 Å². The number of guanidine groups is 1. The summed E-state index contributed by atoms with van der Waals surface area (Å²) < 4.78 is 11.3. The molecule has 1 fully saturated rings. The van der Waals surface area contributed by atoms with Crippen molar-refractivity contribution in [2.24, 2.45) is 10.7 Å². The van der Waals surface area contributed by atoms with E-state index >= 15 is 0 Å². The fourth-order valence-electron chi connectivity index (χ4n) is 2.41. The molecule has 1 saturated carbocycles. The number of nitrogens with one attached hydrogen (secondary N) is 1. The molecule has 1 aromatic carbocycles. The lowest BCUT2D eigenvalue weighted by atomic mass is 10.3. The molecule has 0 amide bonds. The number of ether oxygens (including phenoxy) is 2. The zero-order valence-corrected chi connectivity index (χ0v) is 14.0. The van der Waals surface area contributed by atoms with Crippen LogP contribution in [-0.4, -0.2) is 29.4 Å². The van der Waals surface area contributed by atoms with Gasteiger partial charge >= 0.3 is 0 Å². The summed E-state index contributed by atoms with van der Waals surface area (Å²) in [6.07, 6.45) is 3.34. The monoisotopic (exact) mass is 345 g/mol. The van der Waals surface area contributed by atoms with Crippen LogP contribution in [0.2, 0.25) is 0 Å². The van der Waals surface area contributed by atoms with Crippen molar-refractivity contribution >= 4 is 23.0 Å². The van der Waals surface area contributed by atoms with Crippen LogP contribution in [0.15, 0.2) is 23.2 Å². The van der Waals surface area contributed by atoms with Crippen LogP contribution in [0.5, 0.6) is 11.5 Å². The Kier molecular flexibility index (Phi) is 4.20. The normalized spacial score (nSPS) is 17.4. The molecule has 8 heteroatoms. The molecule has 0 spiro atoms. The molecular formula is C16H19N5O2S. The molecule has 0 unspecified atom stereocenters. The number of aromatic nitrogens is 2. The first-order valence-corrected chi connectivity index (χ1v) is 8.88. The molecular weight excluding hydrogens is 326 g/mol. The smallest absolute Gasteiger partial charge is 0.193 e. The predicted octanol–water partition coefficient (Wildman–Crippen LogP) is 2.50. The average molecular weight is 345 g/mol. The van der Waals surface area contributed by atoms with E-state index in [4.69, 9.17) is 15.2 Å². The van der Waals surface area contributed by atoms with Crippen LogP contribution in [0.4, 0.5) is 5.69 Å². The Morgan fingerprint density at radius 1 is 1.25 bits per heavy atom. The van der Waals surface area contributed by atoms with E-state index in [0.29, 0.717) is 31.6 Å². The van der Waals surface area contributed by atoms with Crippen molar-refractivity contribution < 1.29 is 9.47 Å². The molecule has 0 radical (unpaired) electrons. The second-order valence-electron chi connectivity index (χ2n) is 5.85. The molecule has 3 N–H and O–H groups in total. The number of aliphatic imine (C=N–C) groups is 1. The van der Waals surface area contributed by atoms with Crippen LogP contribution in [0, 0.1) is 0 Å². The molecule has 24 heavy (non-hydrogen) atoms. The van der Waals surface area contributed by atoms with Gasteiger partial charge < -0.3 is 20.5 Å². The van der Waals surface area contributed by atoms with Gasteiger partial charge in [-0.25, -0.2) is 4.99 Å². The Balaban J connectivity index is 1.39. The molecule has 4 rings (SSSR count). The highest BCUT2D eigenvalue weighted by Crippen LogP contribution is 2.41. The number of rotatable bonds is 4. The van der Waals surface area contributed by atoms with Gasteiger partial charge in [0.1, 0.15) is 10.0 Å². The maximum atomic E-state index is 5.96. The summed E-state index contributed by atoms with van der Waals surface area (Å²) in [4.78, 5) is 4.33. The van der Waals surface area contributed by atoms with Gasteiger partial charge in [0.05, 0.1) is 19.8 Å². The third-order valence-corrected chi connectivity index (χ3v) is 4.88. The fraction of sp³-hybridized carbons (Fsp3) is 0.438. The number of nitrogens with zero attached hydrogens (tertiary/aromatic N) is 3. The molecule has 0 saturated heterocycles. The Morgan fingerprint density at radius 3 is 2.92 bits per heavy atom. The second-order valence-corrected chi connectivity index (χ2v) is 6.94. The van der Waals surface area contributed by atoms with Gasteiger partial charge in [-0.15, -0.1) is 10.2 Å². The summed E-state index contributed by atoms with van der Waals surface area (Å²) in [7, 11) is 0. The number of hydrogen-bond acceptors (Lipinski definition) is 6. The number of benzene rings is 1. The summed E-state index contributed by atoms with van der Waals surface area (Å²) >= 11 is 1.62. The van der Waals surface area contributed by atoms with Crippen molar-refractivity contribution in [2.45, 2.75) is 31.7 Å². The molecule has 1 aliphatic heterocycles. The highest BCUT2D eigenvalue weighted by atomic mass is 32.1. The summed E-state index contributed by atoms with van der Waals surface area (Å²) in [5.74, 6) is 2.45. The highest BCUT2D eigenvalue weighted by Gasteiger charge is 2.27. The van der Waals surface area contributed by atoms with Gasteiger partial charge in [0.15, 0.2) is 17.5 Å². The van der Waals surface area contributed by atoms with Gasteiger partial charge in [-0.05, 0) is 25.0 Å². The maximum Gasteiger partial charge on any atom is 0.193 e. The van der Waals surface area contributed by atoms with Gasteiger partial charge in [0.2, 0.25) is 0 Å². The van der Waals surface area contributed by atoms with Gasteiger partial charge in [0.25, 0.3) is 0 Å². The van der Waals surface area contributed by atoms with E-state index < -0.39 is 0 Å². The summed E-state index contributed by atoms with van der Waals surface area (Å²) in [6, 6.07) is 5.65. The van der Waals surface area contributed by atoms with E-state index in [1.165, 1.54) is 12.8 Å². The van der Waals surface area contributed by atoms with Crippen molar-refractivity contribution in [1.82, 2.24) is 10.2 Å². The average Bonchev–Trinajstić information content (AvgIpc) is 3.36. The Morgan fingerprint density at radius 2 is 2.08 bits per heavy atom. The Labute approximate surface area is 143 Å². The summed E-state index contributed by atoms with van der Waals surface area (Å²) in [5.41, 5.74) is 6.78. The fourth-order valence-corrected chi connectivity index (χ4v) is 3.34. The first-order valence-electron chi connectivity index (χ1n) is 8.07. The van der Waals surface area contributed by atoms with Crippen molar-refractivity contribution in [2.75, 3.05) is 18.5 Å². The third kappa shape index (κ3) is 3.59. The number of fused-ring (bicyclic) bond motifs is 1. The maximum absolute atomic E-state index is 5.96. The lowest BCUT2D eigenvalue weighted by molar-refractivity contribution is 0.297. The lowest BCUT2D eigenvalue weighted by Gasteiger charge is -2.10. The van der Waals surface area contributed by atoms with Crippen molar-refractivity contribution in [3.8, 4) is 11.5 Å². The Hall–Kier alpha value is -2.35. The molecule has 1 aliphatic carbocycles. The van der Waals surface area contributed by atoms with E-state index in [1.54, 1.807) is 11.3 Å². The molecule has 2 aliphatic rings. The van der Waals surface area contributed by atoms with Crippen LogP contribution in [-0.2, 0) is 6.54 Å². The number of nitrogens with two attached hydrogens (primary N) is 1. The van der Waals surface area contributed by atoms with Crippen molar-refractivity contribution in [3.05, 3.63) is 28.2 Å². The quantitative estimate of drug-likeness (QED) is 0.653. The molecule has 0 bridgehead atoms. The minimum absolute atomic E-state index is 0.340. The molecule has 2 heterocycles. The molecule has 126 valence electrons. The first kappa shape index (κ1) is 15.2. The van der Waals surface area contributed by atoms with Gasteiger partial charge in [0, 0.05) is 24.1 Å². The van der Waals surface area contributed by atoms with E-state index in [0.717, 1.165) is 33.6 Å². The predicted molar refractivity (Wildman–Crippen MR) is 92.9 cm³/mol. The minimum atomic E-state index is 0.340. The van der Waals surface area contributed by atoms with Crippen LogP contribution in [0.1, 0.15) is 35.2 Å². The van der Waals surface area contributed by atoms with E-state index in [1.807, 2.05) is 18.2 Å². The number of anilines is 1. The van der Waals surface area contributed by atoms with Crippen LogP contribution < -0.4 is 20.5 Å². The van der Waals surface area contributed by atoms with Crippen molar-refractivity contribution in [1.29, 1.82) is 0 Å². The summed E-state index contributed by atoms with van der Waals surface area (Å²) in [6.45, 7) is 1.77. The van der Waals surface area contributed by atoms with Crippen molar-refractivity contribution in [3.63, 3.8) is 0 Å². The van der Waals surface area contributed by atoms with Crippen LogP contribution >= 0.6 is 11.3 Å². The van der Waals surface area contributed by atoms with Gasteiger partial charge in [-0.2, -0.15) is 0 Å². The highest BCUT2D eigenvalue weighted by molar-refractivity contribution is 7.11. The lowest BCUT2D eigenvalue weighted by Crippen LogP contribution is -2.22. The van der Waals surface area contributed by atoms with E-state index in [2.05, 4.69) is 20.5 Å². The zero-order valence-electron chi connectivity index (χ0n) is 13.2. The third-order valence-electron chi connectivity index (χ3n) is 3.81. The zero-order chi connectivity index (χ0) is 16.4. The standard InChI is InChI=1S/C16H19N5O2S/c17-16(18-9-14-20-21-15(24-14)10-2-3-10)19-11-4-5-12-13(8-11)23-7-1-6-22-12/h4-5,8,10H,1-3,6-7,9H2,(H3,17,18,19). The minimum Gasteiger partial charge on any atom is -0.490 e. The molecule has 2 aromatic rings. The Bertz CT molecular complexity index is 757. The number of hydrogen-bond donors (Lipinski definition) is 2. The second kappa shape index (κ2) is 6.64. The van der Waals surface area contributed by atoms with Crippen LogP contribution in [0.25, 0.3) is 0 Å². The van der Waals surface area contributed by atoms with Gasteiger partial charge in [-0.3, -0.25) is 0 Å². The molecule has 7 nitrogen and oxygen atoms in total. The van der Waals surface area contributed by atoms with E-state index in [9.17, 15) is 0 Å². The topological polar surface area (TPSA) is 94.7 Å². The largest absolute Gasteiger partial charge is 0.490 e. The van der Waals surface area contributed by atoms with Gasteiger partial charge in [-0.1, -0.05) is 11.3 Å². The SMILES string of the molecule is NC(=NCc1nnc(C2CC2)s1)Nc1ccc2c(c1)OCCCO2. The molecule has 1 aromatic heterocycles.